The summed E-state index contributed by atoms with van der Waals surface area (Å²) in [5.74, 6) is -0.227. The maximum absolute atomic E-state index is 10.4. The Hall–Kier alpha value is -1.58. The van der Waals surface area contributed by atoms with Crippen LogP contribution in [0.3, 0.4) is 0 Å². The first-order valence-corrected chi connectivity index (χ1v) is 2.63. The molecule has 4 nitrogen and oxygen atoms in total. The Kier molecular flexibility index (Phi) is 1.53. The Bertz CT molecular complexity index is 260. The molecule has 10 heavy (non-hydrogen) atoms. The van der Waals surface area contributed by atoms with E-state index in [4.69, 9.17) is 5.11 Å². The molecule has 1 N–H and O–H groups in total. The number of aromatic nitrogens is 1. The van der Waals surface area contributed by atoms with Gasteiger partial charge in [-0.15, -0.1) is 0 Å². The predicted octanol–water partition coefficient (Wildman–Crippen LogP) is 0.630. The molecular weight excluding hydrogens is 132 g/mol. The van der Waals surface area contributed by atoms with E-state index in [1.165, 1.54) is 18.3 Å². The van der Waals surface area contributed by atoms with Gasteiger partial charge >= 0.3 is 5.82 Å². The minimum Gasteiger partial charge on any atom is -0.711 e. The van der Waals surface area contributed by atoms with Crippen molar-refractivity contribution in [3.05, 3.63) is 23.5 Å². The molecule has 0 radical (unpaired) electrons. The van der Waals surface area contributed by atoms with Gasteiger partial charge in [-0.25, -0.2) is 4.74 Å². The van der Waals surface area contributed by atoms with E-state index in [2.05, 4.69) is 11.7 Å². The minimum absolute atomic E-state index is 0.0671. The molecule has 1 heterocycles. The maximum Gasteiger partial charge on any atom is 0.367 e. The number of hydrogen-bond acceptors (Lipinski definition) is 3. The van der Waals surface area contributed by atoms with Crippen LogP contribution in [0.15, 0.2) is 18.3 Å². The van der Waals surface area contributed by atoms with E-state index in [1.54, 1.807) is 0 Å². The summed E-state index contributed by atoms with van der Waals surface area (Å²) in [6.45, 7) is 3.02. The van der Waals surface area contributed by atoms with Gasteiger partial charge in [-0.05, 0) is 17.1 Å². The van der Waals surface area contributed by atoms with Crippen molar-refractivity contribution in [1.29, 1.82) is 0 Å². The molecule has 0 aliphatic rings. The van der Waals surface area contributed by atoms with Crippen molar-refractivity contribution in [2.45, 2.75) is 0 Å². The molecule has 1 aromatic rings. The summed E-state index contributed by atoms with van der Waals surface area (Å²) in [5, 5.41) is 19.4. The fourth-order valence-electron chi connectivity index (χ4n) is 0.581. The molecule has 0 aromatic carbocycles. The molecule has 0 spiro atoms. The minimum atomic E-state index is -0.160. The molecule has 4 heteroatoms. The number of rotatable bonds is 1. The Balaban J connectivity index is 3.15. The van der Waals surface area contributed by atoms with Crippen molar-refractivity contribution < 1.29 is 9.85 Å². The lowest BCUT2D eigenvalue weighted by Gasteiger charge is -2.01. The molecular formula is C6H6N2O2. The van der Waals surface area contributed by atoms with Crippen LogP contribution in [0, 0.1) is 5.21 Å². The van der Waals surface area contributed by atoms with Gasteiger partial charge in [0.05, 0.1) is 6.72 Å². The monoisotopic (exact) mass is 138 g/mol. The largest absolute Gasteiger partial charge is 0.711 e. The van der Waals surface area contributed by atoms with Gasteiger partial charge in [-0.1, -0.05) is 0 Å². The van der Waals surface area contributed by atoms with E-state index >= 15 is 0 Å². The van der Waals surface area contributed by atoms with Crippen molar-refractivity contribution in [2.75, 3.05) is 0 Å². The van der Waals surface area contributed by atoms with Crippen LogP contribution >= 0.6 is 0 Å². The van der Waals surface area contributed by atoms with Crippen LogP contribution in [-0.2, 0) is 0 Å². The van der Waals surface area contributed by atoms with E-state index in [0.717, 1.165) is 0 Å². The highest BCUT2D eigenvalue weighted by atomic mass is 16.5. The van der Waals surface area contributed by atoms with Gasteiger partial charge in [0.15, 0.2) is 0 Å². The summed E-state index contributed by atoms with van der Waals surface area (Å²) in [6.07, 6.45) is 1.41. The normalized spacial score (nSPS) is 9.20. The van der Waals surface area contributed by atoms with Gasteiger partial charge < -0.3 is 10.3 Å². The van der Waals surface area contributed by atoms with E-state index < -0.39 is 0 Å². The summed E-state index contributed by atoms with van der Waals surface area (Å²) in [5.41, 5.74) is 0. The SMILES string of the molecule is C=[N+]([O-])c1ncccc1O. The molecule has 0 bridgehead atoms. The first kappa shape index (κ1) is 6.54. The number of aromatic hydroxyl groups is 1. The predicted molar refractivity (Wildman–Crippen MR) is 36.3 cm³/mol. The van der Waals surface area contributed by atoms with Gasteiger partial charge in [0.2, 0.25) is 5.75 Å². The molecule has 0 saturated heterocycles. The molecule has 1 rings (SSSR count). The number of nitrogens with zero attached hydrogens (tertiary/aromatic N) is 2. The Morgan fingerprint density at radius 1 is 1.70 bits per heavy atom. The van der Waals surface area contributed by atoms with Crippen LogP contribution < -0.4 is 0 Å². The summed E-state index contributed by atoms with van der Waals surface area (Å²) < 4.78 is 0.259. The summed E-state index contributed by atoms with van der Waals surface area (Å²) in [7, 11) is 0. The zero-order chi connectivity index (χ0) is 7.56. The second kappa shape index (κ2) is 2.34. The van der Waals surface area contributed by atoms with Crippen molar-refractivity contribution in [2.24, 2.45) is 0 Å². The maximum atomic E-state index is 10.4. The van der Waals surface area contributed by atoms with Gasteiger partial charge in [-0.2, -0.15) is 0 Å². The van der Waals surface area contributed by atoms with Crippen molar-refractivity contribution in [1.82, 2.24) is 4.98 Å². The van der Waals surface area contributed by atoms with E-state index in [0.29, 0.717) is 0 Å². The van der Waals surface area contributed by atoms with Crippen LogP contribution in [0.5, 0.6) is 5.75 Å². The van der Waals surface area contributed by atoms with Crippen molar-refractivity contribution >= 4 is 12.5 Å². The molecule has 1 aromatic heterocycles. The van der Waals surface area contributed by atoms with E-state index in [-0.39, 0.29) is 16.3 Å². The second-order valence-corrected chi connectivity index (χ2v) is 1.72. The second-order valence-electron chi connectivity index (χ2n) is 1.72. The topological polar surface area (TPSA) is 59.2 Å². The van der Waals surface area contributed by atoms with Crippen LogP contribution in [0.2, 0.25) is 0 Å². The first-order valence-electron chi connectivity index (χ1n) is 2.63. The Labute approximate surface area is 57.7 Å². The number of hydrogen-bond donors (Lipinski definition) is 1. The molecule has 0 aliphatic heterocycles. The highest BCUT2D eigenvalue weighted by molar-refractivity contribution is 5.39. The summed E-state index contributed by atoms with van der Waals surface area (Å²) in [6, 6.07) is 2.90. The fourth-order valence-corrected chi connectivity index (χ4v) is 0.581. The lowest BCUT2D eigenvalue weighted by Crippen LogP contribution is -1.92. The van der Waals surface area contributed by atoms with Gasteiger partial charge in [0.25, 0.3) is 0 Å². The zero-order valence-electron chi connectivity index (χ0n) is 5.19. The average Bonchev–Trinajstić information content (AvgIpc) is 1.88. The van der Waals surface area contributed by atoms with E-state index in [9.17, 15) is 5.21 Å². The molecule has 0 amide bonds. The third-order valence-corrected chi connectivity index (χ3v) is 1.00. The molecule has 0 aliphatic carbocycles. The smallest absolute Gasteiger partial charge is 0.367 e. The third kappa shape index (κ3) is 1.05. The van der Waals surface area contributed by atoms with Crippen LogP contribution in [0.25, 0.3) is 0 Å². The van der Waals surface area contributed by atoms with Crippen LogP contribution in [0.1, 0.15) is 0 Å². The summed E-state index contributed by atoms with van der Waals surface area (Å²) in [4.78, 5) is 3.58. The first-order chi connectivity index (χ1) is 4.72. The Morgan fingerprint density at radius 2 is 2.40 bits per heavy atom. The highest BCUT2D eigenvalue weighted by Gasteiger charge is 2.06. The molecule has 0 saturated carbocycles. The molecule has 52 valence electrons. The molecule has 0 unspecified atom stereocenters. The lowest BCUT2D eigenvalue weighted by molar-refractivity contribution is -0.356. The van der Waals surface area contributed by atoms with Crippen molar-refractivity contribution in [3.63, 3.8) is 0 Å². The molecule has 0 atom stereocenters. The third-order valence-electron chi connectivity index (χ3n) is 1.00. The van der Waals surface area contributed by atoms with Crippen LogP contribution in [-0.4, -0.2) is 21.5 Å². The van der Waals surface area contributed by atoms with Crippen LogP contribution in [0.4, 0.5) is 5.82 Å². The standard InChI is InChI=1S/C6H6N2O2/c1-8(10)6-5(9)3-2-4-7-6/h2-4,9H,1H2. The van der Waals surface area contributed by atoms with Gasteiger partial charge in [-0.3, -0.25) is 0 Å². The zero-order valence-corrected chi connectivity index (χ0v) is 5.19. The van der Waals surface area contributed by atoms with Gasteiger partial charge in [0, 0.05) is 0 Å². The average molecular weight is 138 g/mol. The fraction of sp³-hybridized carbons (Fsp3) is 0. The lowest BCUT2D eigenvalue weighted by atomic mass is 10.4. The summed E-state index contributed by atoms with van der Waals surface area (Å²) >= 11 is 0. The van der Waals surface area contributed by atoms with E-state index in [1.807, 2.05) is 0 Å². The quantitative estimate of drug-likeness (QED) is 0.268. The molecule has 0 fully saturated rings. The van der Waals surface area contributed by atoms with Gasteiger partial charge in [0.1, 0.15) is 6.20 Å². The van der Waals surface area contributed by atoms with Crippen molar-refractivity contribution in [3.8, 4) is 5.75 Å². The highest BCUT2D eigenvalue weighted by Crippen LogP contribution is 2.19. The Morgan fingerprint density at radius 3 is 2.80 bits per heavy atom. The number of pyridine rings is 1.